The molecule has 0 fully saturated rings. The molecular formula is C12H13F2N3. The number of halogens is 2. The van der Waals surface area contributed by atoms with Crippen LogP contribution in [0, 0.1) is 18.6 Å². The first-order valence-corrected chi connectivity index (χ1v) is 5.33. The first kappa shape index (κ1) is 11.6. The Hall–Kier alpha value is -1.91. The molecule has 2 aromatic rings. The molecular weight excluding hydrogens is 224 g/mol. The van der Waals surface area contributed by atoms with Gasteiger partial charge >= 0.3 is 0 Å². The van der Waals surface area contributed by atoms with Gasteiger partial charge in [-0.2, -0.15) is 0 Å². The third kappa shape index (κ3) is 2.81. The number of hydrogen-bond acceptors (Lipinski definition) is 2. The summed E-state index contributed by atoms with van der Waals surface area (Å²) in [5.74, 6) is -0.00650. The minimum Gasteiger partial charge on any atom is -0.381 e. The molecule has 0 radical (unpaired) electrons. The van der Waals surface area contributed by atoms with Crippen LogP contribution < -0.4 is 5.32 Å². The molecule has 1 aromatic heterocycles. The van der Waals surface area contributed by atoms with E-state index in [1.54, 1.807) is 6.20 Å². The molecule has 3 nitrogen and oxygen atoms in total. The van der Waals surface area contributed by atoms with Crippen molar-refractivity contribution in [2.45, 2.75) is 13.5 Å². The van der Waals surface area contributed by atoms with Crippen molar-refractivity contribution in [3.8, 4) is 0 Å². The predicted octanol–water partition coefficient (Wildman–Crippen LogP) is 2.58. The Kier molecular flexibility index (Phi) is 3.37. The molecule has 0 amide bonds. The van der Waals surface area contributed by atoms with Crippen LogP contribution >= 0.6 is 0 Å². The molecule has 0 unspecified atom stereocenters. The van der Waals surface area contributed by atoms with E-state index in [0.29, 0.717) is 13.1 Å². The van der Waals surface area contributed by atoms with Crippen molar-refractivity contribution in [1.29, 1.82) is 0 Å². The number of rotatable bonds is 4. The van der Waals surface area contributed by atoms with Gasteiger partial charge in [-0.3, -0.25) is 0 Å². The molecule has 0 aliphatic rings. The highest BCUT2D eigenvalue weighted by Crippen LogP contribution is 2.14. The van der Waals surface area contributed by atoms with Crippen molar-refractivity contribution in [3.05, 3.63) is 48.1 Å². The lowest BCUT2D eigenvalue weighted by atomic mass is 10.3. The van der Waals surface area contributed by atoms with E-state index in [0.717, 1.165) is 24.0 Å². The smallest absolute Gasteiger partial charge is 0.146 e. The predicted molar refractivity (Wildman–Crippen MR) is 61.8 cm³/mol. The highest BCUT2D eigenvalue weighted by molar-refractivity contribution is 5.44. The Morgan fingerprint density at radius 2 is 2.18 bits per heavy atom. The first-order chi connectivity index (χ1) is 8.16. The molecule has 0 atom stereocenters. The fraction of sp³-hybridized carbons (Fsp3) is 0.250. The summed E-state index contributed by atoms with van der Waals surface area (Å²) in [4.78, 5) is 4.08. The third-order valence-corrected chi connectivity index (χ3v) is 2.52. The van der Waals surface area contributed by atoms with Gasteiger partial charge < -0.3 is 9.88 Å². The molecule has 1 aromatic carbocycles. The SMILES string of the molecule is Cc1nccn1CCNc1cc(F)ccc1F. The molecule has 0 aliphatic carbocycles. The number of aromatic nitrogens is 2. The Bertz CT molecular complexity index is 508. The summed E-state index contributed by atoms with van der Waals surface area (Å²) in [6.45, 7) is 3.06. The second-order valence-electron chi connectivity index (χ2n) is 3.72. The van der Waals surface area contributed by atoms with Gasteiger partial charge in [0, 0.05) is 25.5 Å². The number of benzene rings is 1. The monoisotopic (exact) mass is 237 g/mol. The number of anilines is 1. The number of aryl methyl sites for hydroxylation is 1. The van der Waals surface area contributed by atoms with Crippen molar-refractivity contribution >= 4 is 5.69 Å². The van der Waals surface area contributed by atoms with E-state index in [1.165, 1.54) is 0 Å². The normalized spacial score (nSPS) is 10.5. The number of imidazole rings is 1. The van der Waals surface area contributed by atoms with Gasteiger partial charge in [0.25, 0.3) is 0 Å². The fourth-order valence-corrected chi connectivity index (χ4v) is 1.58. The molecule has 17 heavy (non-hydrogen) atoms. The molecule has 0 aliphatic heterocycles. The standard InChI is InChI=1S/C12H13F2N3/c1-9-15-4-6-17(9)7-5-16-12-8-10(13)2-3-11(12)14/h2-4,6,8,16H,5,7H2,1H3. The lowest BCUT2D eigenvalue weighted by Crippen LogP contribution is -2.12. The van der Waals surface area contributed by atoms with Crippen molar-refractivity contribution < 1.29 is 8.78 Å². The maximum atomic E-state index is 13.3. The zero-order chi connectivity index (χ0) is 12.3. The van der Waals surface area contributed by atoms with E-state index in [4.69, 9.17) is 0 Å². The number of nitrogens with one attached hydrogen (secondary N) is 1. The maximum absolute atomic E-state index is 13.3. The lowest BCUT2D eigenvalue weighted by molar-refractivity contribution is 0.600. The summed E-state index contributed by atoms with van der Waals surface area (Å²) >= 11 is 0. The molecule has 1 heterocycles. The van der Waals surface area contributed by atoms with Crippen molar-refractivity contribution in [2.24, 2.45) is 0 Å². The van der Waals surface area contributed by atoms with Gasteiger partial charge in [-0.05, 0) is 25.1 Å². The van der Waals surface area contributed by atoms with Crippen molar-refractivity contribution in [2.75, 3.05) is 11.9 Å². The Morgan fingerprint density at radius 1 is 1.35 bits per heavy atom. The Labute approximate surface area is 98.1 Å². The van der Waals surface area contributed by atoms with Crippen molar-refractivity contribution in [3.63, 3.8) is 0 Å². The van der Waals surface area contributed by atoms with Crippen LogP contribution in [0.5, 0.6) is 0 Å². The summed E-state index contributed by atoms with van der Waals surface area (Å²) in [5, 5.41) is 2.86. The van der Waals surface area contributed by atoms with Crippen LogP contribution in [0.3, 0.4) is 0 Å². The fourth-order valence-electron chi connectivity index (χ4n) is 1.58. The van der Waals surface area contributed by atoms with E-state index < -0.39 is 11.6 Å². The molecule has 5 heteroatoms. The van der Waals surface area contributed by atoms with Crippen LogP contribution in [0.25, 0.3) is 0 Å². The second-order valence-corrected chi connectivity index (χ2v) is 3.72. The molecule has 0 saturated heterocycles. The highest BCUT2D eigenvalue weighted by Gasteiger charge is 2.03. The van der Waals surface area contributed by atoms with Crippen LogP contribution in [0.15, 0.2) is 30.6 Å². The zero-order valence-electron chi connectivity index (χ0n) is 9.45. The molecule has 90 valence electrons. The summed E-state index contributed by atoms with van der Waals surface area (Å²) in [6.07, 6.45) is 3.55. The van der Waals surface area contributed by atoms with Crippen LogP contribution in [0.4, 0.5) is 14.5 Å². The largest absolute Gasteiger partial charge is 0.381 e. The van der Waals surface area contributed by atoms with E-state index in [2.05, 4.69) is 10.3 Å². The Balaban J connectivity index is 1.94. The van der Waals surface area contributed by atoms with Gasteiger partial charge in [-0.25, -0.2) is 13.8 Å². The van der Waals surface area contributed by atoms with Crippen molar-refractivity contribution in [1.82, 2.24) is 9.55 Å². The minimum absolute atomic E-state index is 0.183. The van der Waals surface area contributed by atoms with Gasteiger partial charge in [0.2, 0.25) is 0 Å². The summed E-state index contributed by atoms with van der Waals surface area (Å²) in [6, 6.07) is 3.36. The van der Waals surface area contributed by atoms with Gasteiger partial charge in [0.1, 0.15) is 17.5 Å². The average molecular weight is 237 g/mol. The third-order valence-electron chi connectivity index (χ3n) is 2.52. The van der Waals surface area contributed by atoms with Gasteiger partial charge in [-0.1, -0.05) is 0 Å². The molecule has 0 saturated carbocycles. The zero-order valence-corrected chi connectivity index (χ0v) is 9.45. The van der Waals surface area contributed by atoms with Crippen LogP contribution in [-0.2, 0) is 6.54 Å². The number of nitrogens with zero attached hydrogens (tertiary/aromatic N) is 2. The van der Waals surface area contributed by atoms with Gasteiger partial charge in [0.05, 0.1) is 5.69 Å². The number of hydrogen-bond donors (Lipinski definition) is 1. The highest BCUT2D eigenvalue weighted by atomic mass is 19.1. The quantitative estimate of drug-likeness (QED) is 0.885. The molecule has 0 spiro atoms. The summed E-state index contributed by atoms with van der Waals surface area (Å²) in [7, 11) is 0. The lowest BCUT2D eigenvalue weighted by Gasteiger charge is -2.09. The Morgan fingerprint density at radius 3 is 2.88 bits per heavy atom. The van der Waals surface area contributed by atoms with Gasteiger partial charge in [0.15, 0.2) is 0 Å². The van der Waals surface area contributed by atoms with Crippen LogP contribution in [-0.4, -0.2) is 16.1 Å². The minimum atomic E-state index is -0.451. The van der Waals surface area contributed by atoms with Crippen LogP contribution in [0.1, 0.15) is 5.82 Å². The first-order valence-electron chi connectivity index (χ1n) is 5.33. The molecule has 2 rings (SSSR count). The topological polar surface area (TPSA) is 29.9 Å². The second kappa shape index (κ2) is 4.95. The maximum Gasteiger partial charge on any atom is 0.146 e. The van der Waals surface area contributed by atoms with E-state index in [9.17, 15) is 8.78 Å². The summed E-state index contributed by atoms with van der Waals surface area (Å²) in [5.41, 5.74) is 0.183. The average Bonchev–Trinajstić information content (AvgIpc) is 2.70. The van der Waals surface area contributed by atoms with E-state index in [1.807, 2.05) is 17.7 Å². The van der Waals surface area contributed by atoms with Gasteiger partial charge in [-0.15, -0.1) is 0 Å². The summed E-state index contributed by atoms with van der Waals surface area (Å²) < 4.78 is 28.1. The van der Waals surface area contributed by atoms with E-state index >= 15 is 0 Å². The van der Waals surface area contributed by atoms with Crippen LogP contribution in [0.2, 0.25) is 0 Å². The molecule has 0 bridgehead atoms. The molecule has 1 N–H and O–H groups in total. The van der Waals surface area contributed by atoms with E-state index in [-0.39, 0.29) is 5.69 Å².